The fourth-order valence-corrected chi connectivity index (χ4v) is 4.47. The van der Waals surface area contributed by atoms with E-state index in [1.165, 1.54) is 45.3 Å². The molecule has 14 heavy (non-hydrogen) atoms. The Hall–Kier alpha value is -0.0800. The van der Waals surface area contributed by atoms with E-state index in [2.05, 4.69) is 17.3 Å². The number of hydrogen-bond acceptors (Lipinski definition) is 2. The molecule has 0 aromatic heterocycles. The van der Waals surface area contributed by atoms with Gasteiger partial charge in [0.1, 0.15) is 0 Å². The van der Waals surface area contributed by atoms with Crippen LogP contribution in [0, 0.1) is 16.7 Å². The number of hydrogen-bond donors (Lipinski definition) is 1. The van der Waals surface area contributed by atoms with Crippen molar-refractivity contribution in [3.05, 3.63) is 0 Å². The summed E-state index contributed by atoms with van der Waals surface area (Å²) in [6.07, 6.45) is 6.04. The summed E-state index contributed by atoms with van der Waals surface area (Å²) in [6, 6.07) is 0.974. The zero-order chi connectivity index (χ0) is 9.39. The first-order valence-electron chi connectivity index (χ1n) is 6.17. The van der Waals surface area contributed by atoms with Gasteiger partial charge in [0.2, 0.25) is 0 Å². The van der Waals surface area contributed by atoms with Crippen LogP contribution >= 0.6 is 0 Å². The quantitative estimate of drug-likeness (QED) is 0.669. The maximum Gasteiger partial charge on any atom is 0.0195 e. The smallest absolute Gasteiger partial charge is 0.0195 e. The highest BCUT2D eigenvalue weighted by molar-refractivity contribution is 5.22. The molecule has 1 N–H and O–H groups in total. The molecule has 0 radical (unpaired) electrons. The first-order chi connectivity index (χ1) is 6.76. The highest BCUT2D eigenvalue weighted by Gasteiger charge is 2.70. The minimum absolute atomic E-state index is 0.759. The monoisotopic (exact) mass is 192 g/mol. The molecule has 2 spiro atoms. The lowest BCUT2D eigenvalue weighted by atomic mass is 9.79. The van der Waals surface area contributed by atoms with Crippen molar-refractivity contribution >= 4 is 0 Å². The molecular formula is C12H20N2. The summed E-state index contributed by atoms with van der Waals surface area (Å²) in [5, 5.41) is 3.55. The Morgan fingerprint density at radius 3 is 2.64 bits per heavy atom. The average Bonchev–Trinajstić information content (AvgIpc) is 2.96. The molecule has 0 aromatic rings. The summed E-state index contributed by atoms with van der Waals surface area (Å²) >= 11 is 0. The summed E-state index contributed by atoms with van der Waals surface area (Å²) in [7, 11) is 2.34. The molecule has 2 heteroatoms. The first kappa shape index (κ1) is 8.12. The third kappa shape index (κ3) is 0.809. The molecule has 4 aliphatic rings. The van der Waals surface area contributed by atoms with Gasteiger partial charge in [-0.2, -0.15) is 0 Å². The van der Waals surface area contributed by atoms with Gasteiger partial charge < -0.3 is 10.2 Å². The molecule has 0 amide bonds. The lowest BCUT2D eigenvalue weighted by Crippen LogP contribution is -2.57. The van der Waals surface area contributed by atoms with Crippen molar-refractivity contribution in [2.45, 2.75) is 31.7 Å². The molecule has 2 heterocycles. The molecule has 4 rings (SSSR count). The maximum atomic E-state index is 3.55. The van der Waals surface area contributed by atoms with Gasteiger partial charge in [-0.05, 0) is 56.0 Å². The summed E-state index contributed by atoms with van der Waals surface area (Å²) in [5.41, 5.74) is 1.58. The van der Waals surface area contributed by atoms with Crippen LogP contribution in [0.1, 0.15) is 25.7 Å². The summed E-state index contributed by atoms with van der Waals surface area (Å²) < 4.78 is 0. The second-order valence-electron chi connectivity index (χ2n) is 6.32. The van der Waals surface area contributed by atoms with Gasteiger partial charge in [-0.1, -0.05) is 0 Å². The fourth-order valence-electron chi connectivity index (χ4n) is 4.47. The molecule has 0 aromatic carbocycles. The third-order valence-electron chi connectivity index (χ3n) is 5.47. The summed E-state index contributed by atoms with van der Waals surface area (Å²) in [6.45, 7) is 4.00. The number of nitrogens with one attached hydrogen (secondary N) is 1. The zero-order valence-electron chi connectivity index (χ0n) is 9.05. The van der Waals surface area contributed by atoms with Gasteiger partial charge in [0, 0.05) is 19.1 Å². The van der Waals surface area contributed by atoms with Crippen molar-refractivity contribution in [1.82, 2.24) is 10.2 Å². The molecule has 0 bridgehead atoms. The molecule has 3 unspecified atom stereocenters. The van der Waals surface area contributed by atoms with Crippen LogP contribution in [0.4, 0.5) is 0 Å². The molecule has 2 nitrogen and oxygen atoms in total. The van der Waals surface area contributed by atoms with E-state index in [9.17, 15) is 0 Å². The molecule has 3 atom stereocenters. The van der Waals surface area contributed by atoms with Crippen LogP contribution in [0.15, 0.2) is 0 Å². The highest BCUT2D eigenvalue weighted by Crippen LogP contribution is 2.69. The summed E-state index contributed by atoms with van der Waals surface area (Å²) in [5.74, 6) is 1.05. The van der Waals surface area contributed by atoms with Crippen LogP contribution < -0.4 is 5.32 Å². The number of nitrogens with zero attached hydrogens (tertiary/aromatic N) is 1. The minimum atomic E-state index is 0.759. The van der Waals surface area contributed by atoms with Gasteiger partial charge in [-0.25, -0.2) is 0 Å². The Kier molecular flexibility index (Phi) is 1.27. The van der Waals surface area contributed by atoms with E-state index < -0.39 is 0 Å². The SMILES string of the molecule is CN1CC2(CC2)C1C1CC12CCNC2. The van der Waals surface area contributed by atoms with Crippen LogP contribution in [0.2, 0.25) is 0 Å². The second kappa shape index (κ2) is 2.19. The first-order valence-corrected chi connectivity index (χ1v) is 6.17. The van der Waals surface area contributed by atoms with E-state index in [0.29, 0.717) is 0 Å². The molecule has 4 fully saturated rings. The van der Waals surface area contributed by atoms with Crippen molar-refractivity contribution in [3.8, 4) is 0 Å². The van der Waals surface area contributed by atoms with E-state index in [1.54, 1.807) is 0 Å². The normalized spacial score (nSPS) is 53.8. The molecule has 2 saturated carbocycles. The number of rotatable bonds is 1. The lowest BCUT2D eigenvalue weighted by molar-refractivity contribution is -0.00315. The summed E-state index contributed by atoms with van der Waals surface area (Å²) in [4.78, 5) is 2.63. The largest absolute Gasteiger partial charge is 0.316 e. The van der Waals surface area contributed by atoms with E-state index in [0.717, 1.165) is 22.8 Å². The standard InChI is InChI=1S/C12H20N2/c1-14-8-11(2-3-11)10(14)9-6-12(9)4-5-13-7-12/h9-10,13H,2-8H2,1H3. The van der Waals surface area contributed by atoms with E-state index >= 15 is 0 Å². The van der Waals surface area contributed by atoms with Gasteiger partial charge in [0.25, 0.3) is 0 Å². The van der Waals surface area contributed by atoms with E-state index in [-0.39, 0.29) is 0 Å². The van der Waals surface area contributed by atoms with Gasteiger partial charge in [-0.3, -0.25) is 0 Å². The van der Waals surface area contributed by atoms with Crippen molar-refractivity contribution in [2.75, 3.05) is 26.7 Å². The predicted molar refractivity (Wildman–Crippen MR) is 56.1 cm³/mol. The van der Waals surface area contributed by atoms with E-state index in [1.807, 2.05) is 0 Å². The van der Waals surface area contributed by atoms with Crippen LogP contribution in [-0.2, 0) is 0 Å². The van der Waals surface area contributed by atoms with Gasteiger partial charge in [0.05, 0.1) is 0 Å². The minimum Gasteiger partial charge on any atom is -0.316 e. The molecule has 2 saturated heterocycles. The topological polar surface area (TPSA) is 15.3 Å². The maximum absolute atomic E-state index is 3.55. The van der Waals surface area contributed by atoms with Crippen molar-refractivity contribution < 1.29 is 0 Å². The third-order valence-corrected chi connectivity index (χ3v) is 5.47. The van der Waals surface area contributed by atoms with Gasteiger partial charge in [0.15, 0.2) is 0 Å². The Morgan fingerprint density at radius 1 is 1.21 bits per heavy atom. The molecule has 2 aliphatic carbocycles. The Labute approximate surface area is 86.0 Å². The van der Waals surface area contributed by atoms with Crippen LogP contribution in [0.3, 0.4) is 0 Å². The zero-order valence-corrected chi connectivity index (χ0v) is 9.05. The van der Waals surface area contributed by atoms with E-state index in [4.69, 9.17) is 0 Å². The van der Waals surface area contributed by atoms with Gasteiger partial charge >= 0.3 is 0 Å². The molecule has 2 aliphatic heterocycles. The Balaban J connectivity index is 1.55. The Morgan fingerprint density at radius 2 is 2.07 bits per heavy atom. The average molecular weight is 192 g/mol. The van der Waals surface area contributed by atoms with Crippen LogP contribution in [0.25, 0.3) is 0 Å². The van der Waals surface area contributed by atoms with Crippen molar-refractivity contribution in [3.63, 3.8) is 0 Å². The predicted octanol–water partition coefficient (Wildman–Crippen LogP) is 1.08. The Bertz CT molecular complexity index is 276. The molecule has 78 valence electrons. The van der Waals surface area contributed by atoms with Crippen LogP contribution in [-0.4, -0.2) is 37.6 Å². The number of likely N-dealkylation sites (tertiary alicyclic amines) is 1. The van der Waals surface area contributed by atoms with Crippen molar-refractivity contribution in [1.29, 1.82) is 0 Å². The van der Waals surface area contributed by atoms with Crippen molar-refractivity contribution in [2.24, 2.45) is 16.7 Å². The van der Waals surface area contributed by atoms with Crippen LogP contribution in [0.5, 0.6) is 0 Å². The fraction of sp³-hybridized carbons (Fsp3) is 1.00. The lowest BCUT2D eigenvalue weighted by Gasteiger charge is -2.48. The highest BCUT2D eigenvalue weighted by atomic mass is 15.3. The molecular weight excluding hydrogens is 172 g/mol. The van der Waals surface area contributed by atoms with Gasteiger partial charge in [-0.15, -0.1) is 0 Å². The second-order valence-corrected chi connectivity index (χ2v) is 6.32.